The molecule has 1 unspecified atom stereocenters. The van der Waals surface area contributed by atoms with Crippen LogP contribution in [0.5, 0.6) is 0 Å². The van der Waals surface area contributed by atoms with Crippen LogP contribution in [0.1, 0.15) is 37.3 Å². The standard InChI is InChI=1S/C15H21NO3/c1-19-14(17)13(12-7-3-2-4-8-12)16-11-15(18)9-5-6-10-15/h2-4,7-8,13,16,18H,5-6,9-11H2,1H3. The van der Waals surface area contributed by atoms with E-state index in [1.807, 2.05) is 30.3 Å². The number of rotatable bonds is 5. The highest BCUT2D eigenvalue weighted by atomic mass is 16.5. The Hall–Kier alpha value is -1.39. The normalized spacial score (nSPS) is 19.1. The van der Waals surface area contributed by atoms with Gasteiger partial charge in [0.05, 0.1) is 12.7 Å². The van der Waals surface area contributed by atoms with Gasteiger partial charge >= 0.3 is 5.97 Å². The van der Waals surface area contributed by atoms with Crippen LogP contribution in [0.2, 0.25) is 0 Å². The zero-order chi connectivity index (χ0) is 13.7. The molecule has 1 aliphatic rings. The predicted molar refractivity (Wildman–Crippen MR) is 72.6 cm³/mol. The monoisotopic (exact) mass is 263 g/mol. The zero-order valence-electron chi connectivity index (χ0n) is 11.3. The van der Waals surface area contributed by atoms with Gasteiger partial charge in [-0.15, -0.1) is 0 Å². The lowest BCUT2D eigenvalue weighted by Crippen LogP contribution is -2.42. The molecule has 0 amide bonds. The highest BCUT2D eigenvalue weighted by molar-refractivity contribution is 5.77. The number of carbonyl (C=O) groups is 1. The van der Waals surface area contributed by atoms with Gasteiger partial charge in [0, 0.05) is 6.54 Å². The van der Waals surface area contributed by atoms with Crippen LogP contribution in [0.15, 0.2) is 30.3 Å². The largest absolute Gasteiger partial charge is 0.468 e. The maximum Gasteiger partial charge on any atom is 0.327 e. The predicted octanol–water partition coefficient (Wildman–Crippen LogP) is 1.80. The molecule has 1 fully saturated rings. The summed E-state index contributed by atoms with van der Waals surface area (Å²) in [6.07, 6.45) is 3.68. The summed E-state index contributed by atoms with van der Waals surface area (Å²) < 4.78 is 4.83. The number of aliphatic hydroxyl groups is 1. The third-order valence-electron chi connectivity index (χ3n) is 3.74. The Bertz CT molecular complexity index is 413. The third kappa shape index (κ3) is 3.55. The fraction of sp³-hybridized carbons (Fsp3) is 0.533. The first kappa shape index (κ1) is 14.0. The Labute approximate surface area is 113 Å². The van der Waals surface area contributed by atoms with E-state index in [-0.39, 0.29) is 5.97 Å². The number of benzene rings is 1. The summed E-state index contributed by atoms with van der Waals surface area (Å²) in [6, 6.07) is 8.92. The Kier molecular flexibility index (Phi) is 4.56. The SMILES string of the molecule is COC(=O)C(NCC1(O)CCCC1)c1ccccc1. The average molecular weight is 263 g/mol. The van der Waals surface area contributed by atoms with Crippen molar-refractivity contribution in [2.45, 2.75) is 37.3 Å². The van der Waals surface area contributed by atoms with Crippen LogP contribution in [0.4, 0.5) is 0 Å². The van der Waals surface area contributed by atoms with Gasteiger partial charge in [-0.25, -0.2) is 4.79 Å². The van der Waals surface area contributed by atoms with E-state index < -0.39 is 11.6 Å². The van der Waals surface area contributed by atoms with Crippen LogP contribution in [0.3, 0.4) is 0 Å². The van der Waals surface area contributed by atoms with E-state index in [1.54, 1.807) is 0 Å². The van der Waals surface area contributed by atoms with Gasteiger partial charge in [-0.1, -0.05) is 43.2 Å². The van der Waals surface area contributed by atoms with E-state index in [0.29, 0.717) is 6.54 Å². The highest BCUT2D eigenvalue weighted by Crippen LogP contribution is 2.29. The fourth-order valence-corrected chi connectivity index (χ4v) is 2.60. The first-order valence-electron chi connectivity index (χ1n) is 6.73. The van der Waals surface area contributed by atoms with E-state index in [0.717, 1.165) is 31.2 Å². The van der Waals surface area contributed by atoms with Gasteiger partial charge in [-0.2, -0.15) is 0 Å². The van der Waals surface area contributed by atoms with Crippen molar-refractivity contribution < 1.29 is 14.6 Å². The van der Waals surface area contributed by atoms with Crippen molar-refractivity contribution in [3.05, 3.63) is 35.9 Å². The van der Waals surface area contributed by atoms with Crippen molar-refractivity contribution in [1.82, 2.24) is 5.32 Å². The minimum atomic E-state index is -0.680. The van der Waals surface area contributed by atoms with Crippen molar-refractivity contribution in [3.63, 3.8) is 0 Å². The van der Waals surface area contributed by atoms with E-state index in [1.165, 1.54) is 7.11 Å². The molecular formula is C15H21NO3. The molecule has 0 bridgehead atoms. The fourth-order valence-electron chi connectivity index (χ4n) is 2.60. The van der Waals surface area contributed by atoms with Crippen LogP contribution in [0, 0.1) is 0 Å². The maximum atomic E-state index is 11.9. The number of methoxy groups -OCH3 is 1. The second-order valence-corrected chi connectivity index (χ2v) is 5.18. The van der Waals surface area contributed by atoms with Gasteiger partial charge in [0.1, 0.15) is 6.04 Å². The number of nitrogens with one attached hydrogen (secondary N) is 1. The zero-order valence-corrected chi connectivity index (χ0v) is 11.3. The topological polar surface area (TPSA) is 58.6 Å². The Morgan fingerprint density at radius 3 is 2.58 bits per heavy atom. The molecule has 0 saturated heterocycles. The van der Waals surface area contributed by atoms with E-state index >= 15 is 0 Å². The number of hydrogen-bond acceptors (Lipinski definition) is 4. The molecule has 2 rings (SSSR count). The molecule has 0 aliphatic heterocycles. The van der Waals surface area contributed by atoms with Gasteiger partial charge in [0.2, 0.25) is 0 Å². The van der Waals surface area contributed by atoms with Gasteiger partial charge in [0.15, 0.2) is 0 Å². The van der Waals surface area contributed by atoms with Crippen LogP contribution in [-0.2, 0) is 9.53 Å². The van der Waals surface area contributed by atoms with E-state index in [4.69, 9.17) is 4.74 Å². The molecule has 1 aliphatic carbocycles. The third-order valence-corrected chi connectivity index (χ3v) is 3.74. The molecule has 104 valence electrons. The van der Waals surface area contributed by atoms with E-state index in [9.17, 15) is 9.90 Å². The molecule has 1 aromatic rings. The molecule has 0 radical (unpaired) electrons. The molecule has 1 atom stereocenters. The van der Waals surface area contributed by atoms with Crippen molar-refractivity contribution in [1.29, 1.82) is 0 Å². The summed E-state index contributed by atoms with van der Waals surface area (Å²) in [6.45, 7) is 0.418. The second kappa shape index (κ2) is 6.17. The lowest BCUT2D eigenvalue weighted by atomic mass is 10.0. The molecular weight excluding hydrogens is 242 g/mol. The minimum Gasteiger partial charge on any atom is -0.468 e. The quantitative estimate of drug-likeness (QED) is 0.795. The molecule has 19 heavy (non-hydrogen) atoms. The smallest absolute Gasteiger partial charge is 0.327 e. The number of carbonyl (C=O) groups excluding carboxylic acids is 1. The molecule has 0 heterocycles. The number of esters is 1. The molecule has 4 heteroatoms. The summed E-state index contributed by atoms with van der Waals surface area (Å²) in [5.41, 5.74) is 0.178. The highest BCUT2D eigenvalue weighted by Gasteiger charge is 2.33. The maximum absolute atomic E-state index is 11.9. The summed E-state index contributed by atoms with van der Waals surface area (Å²) in [5.74, 6) is -0.326. The minimum absolute atomic E-state index is 0.326. The van der Waals surface area contributed by atoms with Crippen LogP contribution in [-0.4, -0.2) is 30.3 Å². The summed E-state index contributed by atoms with van der Waals surface area (Å²) in [4.78, 5) is 11.9. The average Bonchev–Trinajstić information content (AvgIpc) is 2.87. The van der Waals surface area contributed by atoms with Gasteiger partial charge in [0.25, 0.3) is 0 Å². The summed E-state index contributed by atoms with van der Waals surface area (Å²) >= 11 is 0. The van der Waals surface area contributed by atoms with Crippen molar-refractivity contribution >= 4 is 5.97 Å². The first-order valence-corrected chi connectivity index (χ1v) is 6.73. The van der Waals surface area contributed by atoms with Gasteiger partial charge in [-0.3, -0.25) is 5.32 Å². The van der Waals surface area contributed by atoms with Crippen molar-refractivity contribution in [2.75, 3.05) is 13.7 Å². The Morgan fingerprint density at radius 1 is 1.37 bits per heavy atom. The van der Waals surface area contributed by atoms with Crippen LogP contribution in [0.25, 0.3) is 0 Å². The van der Waals surface area contributed by atoms with Crippen molar-refractivity contribution in [3.8, 4) is 0 Å². The summed E-state index contributed by atoms with van der Waals surface area (Å²) in [5, 5.41) is 13.5. The molecule has 0 spiro atoms. The van der Waals surface area contributed by atoms with Gasteiger partial charge in [-0.05, 0) is 18.4 Å². The molecule has 2 N–H and O–H groups in total. The molecule has 0 aromatic heterocycles. The van der Waals surface area contributed by atoms with Crippen LogP contribution >= 0.6 is 0 Å². The summed E-state index contributed by atoms with van der Waals surface area (Å²) in [7, 11) is 1.38. The molecule has 1 saturated carbocycles. The van der Waals surface area contributed by atoms with Crippen molar-refractivity contribution in [2.24, 2.45) is 0 Å². The van der Waals surface area contributed by atoms with E-state index in [2.05, 4.69) is 5.32 Å². The Morgan fingerprint density at radius 2 is 2.00 bits per heavy atom. The number of hydrogen-bond donors (Lipinski definition) is 2. The number of ether oxygens (including phenoxy) is 1. The lowest BCUT2D eigenvalue weighted by molar-refractivity contribution is -0.143. The van der Waals surface area contributed by atoms with Gasteiger partial charge < -0.3 is 9.84 Å². The molecule has 4 nitrogen and oxygen atoms in total. The lowest BCUT2D eigenvalue weighted by Gasteiger charge is -2.25. The molecule has 1 aromatic carbocycles. The Balaban J connectivity index is 2.04. The second-order valence-electron chi connectivity index (χ2n) is 5.18. The van der Waals surface area contributed by atoms with Crippen LogP contribution < -0.4 is 5.32 Å². The first-order chi connectivity index (χ1) is 9.14.